The van der Waals surface area contributed by atoms with Crippen LogP contribution in [0.5, 0.6) is 0 Å². The molecule has 0 aromatic heterocycles. The molecule has 82 valence electrons. The van der Waals surface area contributed by atoms with E-state index in [0.29, 0.717) is 5.56 Å². The Bertz CT molecular complexity index is 358. The van der Waals surface area contributed by atoms with E-state index in [1.807, 2.05) is 26.0 Å². The summed E-state index contributed by atoms with van der Waals surface area (Å²) in [6.45, 7) is 4.05. The number of esters is 1. The molecule has 0 aliphatic rings. The number of ether oxygens (including phenoxy) is 1. The zero-order chi connectivity index (χ0) is 11.4. The summed E-state index contributed by atoms with van der Waals surface area (Å²) < 4.78 is 4.48. The molecule has 1 N–H and O–H groups in total. The van der Waals surface area contributed by atoms with Crippen LogP contribution in [-0.4, -0.2) is 18.2 Å². The van der Waals surface area contributed by atoms with E-state index in [4.69, 9.17) is 0 Å². The van der Waals surface area contributed by atoms with Crippen molar-refractivity contribution in [3.63, 3.8) is 0 Å². The lowest BCUT2D eigenvalue weighted by molar-refractivity contribution is -0.150. The van der Waals surface area contributed by atoms with Crippen LogP contribution in [0.25, 0.3) is 0 Å². The summed E-state index contributed by atoms with van der Waals surface area (Å²) in [5, 5.41) is 9.63. The first-order chi connectivity index (χ1) is 7.10. The highest BCUT2D eigenvalue weighted by Gasteiger charge is 2.18. The van der Waals surface area contributed by atoms with Gasteiger partial charge >= 0.3 is 5.97 Å². The molecule has 1 unspecified atom stereocenters. The van der Waals surface area contributed by atoms with Gasteiger partial charge in [-0.15, -0.1) is 0 Å². The molecule has 0 amide bonds. The quantitative estimate of drug-likeness (QED) is 0.770. The second kappa shape index (κ2) is 4.94. The molecule has 1 atom stereocenters. The van der Waals surface area contributed by atoms with Gasteiger partial charge in [-0.3, -0.25) is 0 Å². The molecular formula is C12H16O3. The van der Waals surface area contributed by atoms with Crippen LogP contribution in [0.1, 0.15) is 29.7 Å². The van der Waals surface area contributed by atoms with Crippen LogP contribution in [-0.2, 0) is 16.0 Å². The highest BCUT2D eigenvalue weighted by atomic mass is 16.5. The summed E-state index contributed by atoms with van der Waals surface area (Å²) in [7, 11) is 1.26. The summed E-state index contributed by atoms with van der Waals surface area (Å²) >= 11 is 0. The second-order valence-corrected chi connectivity index (χ2v) is 3.47. The third kappa shape index (κ3) is 2.57. The fourth-order valence-electron chi connectivity index (χ4n) is 1.49. The van der Waals surface area contributed by atoms with E-state index in [1.165, 1.54) is 12.7 Å². The lowest BCUT2D eigenvalue weighted by atomic mass is 10.0. The first kappa shape index (κ1) is 11.7. The largest absolute Gasteiger partial charge is 0.467 e. The third-order valence-electron chi connectivity index (χ3n) is 2.49. The van der Waals surface area contributed by atoms with Gasteiger partial charge in [0.2, 0.25) is 0 Å². The average molecular weight is 208 g/mol. The van der Waals surface area contributed by atoms with Gasteiger partial charge < -0.3 is 9.84 Å². The number of hydrogen-bond acceptors (Lipinski definition) is 3. The molecule has 0 saturated heterocycles. The van der Waals surface area contributed by atoms with Gasteiger partial charge in [-0.1, -0.05) is 25.1 Å². The molecule has 0 radical (unpaired) electrons. The first-order valence-electron chi connectivity index (χ1n) is 4.95. The molecule has 1 aromatic rings. The van der Waals surface area contributed by atoms with Crippen LogP contribution < -0.4 is 0 Å². The predicted molar refractivity (Wildman–Crippen MR) is 57.5 cm³/mol. The van der Waals surface area contributed by atoms with Crippen molar-refractivity contribution in [1.82, 2.24) is 0 Å². The second-order valence-electron chi connectivity index (χ2n) is 3.47. The fraction of sp³-hybridized carbons (Fsp3) is 0.417. The fourth-order valence-corrected chi connectivity index (χ4v) is 1.49. The Labute approximate surface area is 89.7 Å². The van der Waals surface area contributed by atoms with E-state index in [0.717, 1.165) is 12.0 Å². The van der Waals surface area contributed by atoms with E-state index >= 15 is 0 Å². The summed E-state index contributed by atoms with van der Waals surface area (Å²) in [6, 6.07) is 5.49. The topological polar surface area (TPSA) is 46.5 Å². The van der Waals surface area contributed by atoms with E-state index in [9.17, 15) is 9.90 Å². The summed E-state index contributed by atoms with van der Waals surface area (Å²) in [5.41, 5.74) is 2.89. The van der Waals surface area contributed by atoms with E-state index in [-0.39, 0.29) is 0 Å². The van der Waals surface area contributed by atoms with Gasteiger partial charge in [-0.25, -0.2) is 4.79 Å². The minimum absolute atomic E-state index is 0.587. The number of methoxy groups -OCH3 is 1. The number of rotatable bonds is 3. The molecule has 1 rings (SSSR count). The van der Waals surface area contributed by atoms with Gasteiger partial charge in [0.05, 0.1) is 7.11 Å². The van der Waals surface area contributed by atoms with Crippen LogP contribution in [0.15, 0.2) is 18.2 Å². The van der Waals surface area contributed by atoms with Crippen LogP contribution in [0, 0.1) is 6.92 Å². The molecule has 0 aliphatic carbocycles. The van der Waals surface area contributed by atoms with Gasteiger partial charge in [0, 0.05) is 0 Å². The average Bonchev–Trinajstić information content (AvgIpc) is 2.27. The number of hydrogen-bond donors (Lipinski definition) is 1. The number of aryl methyl sites for hydroxylation is 2. The van der Waals surface area contributed by atoms with Crippen LogP contribution in [0.2, 0.25) is 0 Å². The van der Waals surface area contributed by atoms with Crippen molar-refractivity contribution in [2.45, 2.75) is 26.4 Å². The van der Waals surface area contributed by atoms with Gasteiger partial charge in [-0.2, -0.15) is 0 Å². The van der Waals surface area contributed by atoms with Crippen molar-refractivity contribution < 1.29 is 14.6 Å². The molecule has 0 bridgehead atoms. The maximum absolute atomic E-state index is 11.1. The maximum atomic E-state index is 11.1. The predicted octanol–water partition coefficient (Wildman–Crippen LogP) is 1.76. The minimum atomic E-state index is -1.18. The number of carbonyl (C=O) groups is 1. The smallest absolute Gasteiger partial charge is 0.339 e. The zero-order valence-electron chi connectivity index (χ0n) is 9.28. The molecule has 15 heavy (non-hydrogen) atoms. The lowest BCUT2D eigenvalue weighted by Gasteiger charge is -2.11. The monoisotopic (exact) mass is 208 g/mol. The molecule has 0 heterocycles. The Balaban J connectivity index is 3.00. The Morgan fingerprint density at radius 2 is 2.20 bits per heavy atom. The first-order valence-corrected chi connectivity index (χ1v) is 4.95. The molecule has 0 spiro atoms. The summed E-state index contributed by atoms with van der Waals surface area (Å²) in [4.78, 5) is 11.1. The summed E-state index contributed by atoms with van der Waals surface area (Å²) in [6.07, 6.45) is -0.297. The van der Waals surface area contributed by atoms with Crippen molar-refractivity contribution >= 4 is 5.97 Å². The van der Waals surface area contributed by atoms with Gasteiger partial charge in [0.1, 0.15) is 0 Å². The van der Waals surface area contributed by atoms with Crippen molar-refractivity contribution in [3.05, 3.63) is 34.9 Å². The number of benzene rings is 1. The molecule has 0 aliphatic heterocycles. The Kier molecular flexibility index (Phi) is 3.86. The lowest BCUT2D eigenvalue weighted by Crippen LogP contribution is -2.13. The SMILES string of the molecule is CCc1cc(C(O)C(=O)OC)ccc1C. The maximum Gasteiger partial charge on any atom is 0.339 e. The Morgan fingerprint density at radius 3 is 2.73 bits per heavy atom. The number of carbonyl (C=O) groups excluding carboxylic acids is 1. The van der Waals surface area contributed by atoms with Crippen molar-refractivity contribution in [2.75, 3.05) is 7.11 Å². The number of aliphatic hydroxyl groups excluding tert-OH is 1. The highest BCUT2D eigenvalue weighted by Crippen LogP contribution is 2.18. The van der Waals surface area contributed by atoms with Gasteiger partial charge in [-0.05, 0) is 30.0 Å². The summed E-state index contributed by atoms with van der Waals surface area (Å²) in [5.74, 6) is -0.624. The molecule has 3 heteroatoms. The molecule has 3 nitrogen and oxygen atoms in total. The molecular weight excluding hydrogens is 192 g/mol. The number of aliphatic hydroxyl groups is 1. The highest BCUT2D eigenvalue weighted by molar-refractivity contribution is 5.76. The third-order valence-corrected chi connectivity index (χ3v) is 2.49. The van der Waals surface area contributed by atoms with E-state index in [1.54, 1.807) is 6.07 Å². The Hall–Kier alpha value is -1.35. The van der Waals surface area contributed by atoms with Crippen molar-refractivity contribution in [2.24, 2.45) is 0 Å². The standard InChI is InChI=1S/C12H16O3/c1-4-9-7-10(6-5-8(9)2)11(13)12(14)15-3/h5-7,11,13H,4H2,1-3H3. The molecule has 0 saturated carbocycles. The Morgan fingerprint density at radius 1 is 1.53 bits per heavy atom. The van der Waals surface area contributed by atoms with Crippen LogP contribution >= 0.6 is 0 Å². The van der Waals surface area contributed by atoms with Crippen molar-refractivity contribution in [1.29, 1.82) is 0 Å². The van der Waals surface area contributed by atoms with Gasteiger partial charge in [0.15, 0.2) is 6.10 Å². The molecule has 1 aromatic carbocycles. The van der Waals surface area contributed by atoms with E-state index in [2.05, 4.69) is 4.74 Å². The van der Waals surface area contributed by atoms with E-state index < -0.39 is 12.1 Å². The van der Waals surface area contributed by atoms with Gasteiger partial charge in [0.25, 0.3) is 0 Å². The van der Waals surface area contributed by atoms with Crippen LogP contribution in [0.3, 0.4) is 0 Å². The normalized spacial score (nSPS) is 12.3. The zero-order valence-corrected chi connectivity index (χ0v) is 9.28. The van der Waals surface area contributed by atoms with Crippen molar-refractivity contribution in [3.8, 4) is 0 Å². The van der Waals surface area contributed by atoms with Crippen LogP contribution in [0.4, 0.5) is 0 Å². The minimum Gasteiger partial charge on any atom is -0.467 e. The molecule has 0 fully saturated rings.